The molecule has 0 bridgehead atoms. The van der Waals surface area contributed by atoms with Crippen molar-refractivity contribution in [3.63, 3.8) is 0 Å². The number of hydrogen-bond acceptors (Lipinski definition) is 1. The number of carbonyl (C=O) groups is 1. The molecular formula is C15H22O2. The third-order valence-corrected chi connectivity index (χ3v) is 3.04. The summed E-state index contributed by atoms with van der Waals surface area (Å²) >= 11 is 0. The summed E-state index contributed by atoms with van der Waals surface area (Å²) in [5, 5.41) is 8.96. The van der Waals surface area contributed by atoms with Crippen LogP contribution in [0.4, 0.5) is 0 Å². The Morgan fingerprint density at radius 3 is 2.24 bits per heavy atom. The molecule has 0 aromatic heterocycles. The van der Waals surface area contributed by atoms with Crippen LogP contribution in [0, 0.1) is 5.92 Å². The van der Waals surface area contributed by atoms with Crippen LogP contribution in [-0.4, -0.2) is 11.1 Å². The van der Waals surface area contributed by atoms with Crippen LogP contribution < -0.4 is 0 Å². The van der Waals surface area contributed by atoms with Gasteiger partial charge in [0.1, 0.15) is 0 Å². The fraction of sp³-hybridized carbons (Fsp3) is 0.533. The first kappa shape index (κ1) is 13.8. The molecule has 1 aromatic rings. The molecular weight excluding hydrogens is 212 g/mol. The van der Waals surface area contributed by atoms with Crippen LogP contribution in [0.15, 0.2) is 24.3 Å². The van der Waals surface area contributed by atoms with Crippen molar-refractivity contribution in [2.75, 3.05) is 0 Å². The van der Waals surface area contributed by atoms with Crippen LogP contribution in [0.2, 0.25) is 0 Å². The van der Waals surface area contributed by atoms with Crippen molar-refractivity contribution in [3.05, 3.63) is 35.4 Å². The second-order valence-corrected chi connectivity index (χ2v) is 5.02. The molecule has 1 rings (SSSR count). The van der Waals surface area contributed by atoms with Gasteiger partial charge < -0.3 is 5.11 Å². The topological polar surface area (TPSA) is 37.3 Å². The number of carboxylic acids is 1. The maximum absolute atomic E-state index is 10.9. The zero-order chi connectivity index (χ0) is 12.8. The van der Waals surface area contributed by atoms with E-state index in [0.29, 0.717) is 5.92 Å². The summed E-state index contributed by atoms with van der Waals surface area (Å²) in [5.74, 6) is -0.0566. The Morgan fingerprint density at radius 1 is 1.24 bits per heavy atom. The molecule has 0 heterocycles. The van der Waals surface area contributed by atoms with Gasteiger partial charge in [0.2, 0.25) is 0 Å². The number of rotatable bonds is 6. The van der Waals surface area contributed by atoms with Crippen LogP contribution in [0.1, 0.15) is 50.7 Å². The van der Waals surface area contributed by atoms with Gasteiger partial charge in [-0.3, -0.25) is 4.79 Å². The summed E-state index contributed by atoms with van der Waals surface area (Å²) in [6, 6.07) is 8.36. The molecule has 1 unspecified atom stereocenters. The third kappa shape index (κ3) is 4.59. The van der Waals surface area contributed by atoms with Gasteiger partial charge in [0, 0.05) is 0 Å². The van der Waals surface area contributed by atoms with Gasteiger partial charge in [-0.2, -0.15) is 0 Å². The first-order valence-corrected chi connectivity index (χ1v) is 6.33. The molecule has 0 saturated carbocycles. The van der Waals surface area contributed by atoms with E-state index < -0.39 is 5.97 Å². The Hall–Kier alpha value is -1.31. The lowest BCUT2D eigenvalue weighted by Gasteiger charge is -2.18. The molecule has 0 aliphatic carbocycles. The molecule has 1 N–H and O–H groups in total. The predicted molar refractivity (Wildman–Crippen MR) is 70.3 cm³/mol. The summed E-state index contributed by atoms with van der Waals surface area (Å²) in [4.78, 5) is 10.9. The molecule has 0 spiro atoms. The summed E-state index contributed by atoms with van der Waals surface area (Å²) in [7, 11) is 0. The normalized spacial score (nSPS) is 12.7. The van der Waals surface area contributed by atoms with Crippen molar-refractivity contribution in [3.8, 4) is 0 Å². The van der Waals surface area contributed by atoms with Crippen LogP contribution >= 0.6 is 0 Å². The molecule has 0 saturated heterocycles. The van der Waals surface area contributed by atoms with Gasteiger partial charge in [-0.1, -0.05) is 45.0 Å². The van der Waals surface area contributed by atoms with Crippen molar-refractivity contribution < 1.29 is 9.90 Å². The minimum Gasteiger partial charge on any atom is -0.481 e. The van der Waals surface area contributed by atoms with Crippen molar-refractivity contribution in [2.24, 2.45) is 5.92 Å². The van der Waals surface area contributed by atoms with Gasteiger partial charge in [0.25, 0.3) is 0 Å². The smallest absolute Gasteiger partial charge is 0.303 e. The highest BCUT2D eigenvalue weighted by Crippen LogP contribution is 2.27. The number of aliphatic carboxylic acids is 1. The van der Waals surface area contributed by atoms with E-state index >= 15 is 0 Å². The average Bonchev–Trinajstić information content (AvgIpc) is 2.27. The van der Waals surface area contributed by atoms with E-state index in [1.165, 1.54) is 5.56 Å². The maximum Gasteiger partial charge on any atom is 0.303 e. The Morgan fingerprint density at radius 2 is 1.82 bits per heavy atom. The number of carboxylic acid groups (broad SMARTS) is 1. The largest absolute Gasteiger partial charge is 0.481 e. The second-order valence-electron chi connectivity index (χ2n) is 5.02. The lowest BCUT2D eigenvalue weighted by atomic mass is 9.87. The molecule has 0 aliphatic heterocycles. The van der Waals surface area contributed by atoms with Gasteiger partial charge in [-0.05, 0) is 35.8 Å². The molecule has 2 nitrogen and oxygen atoms in total. The lowest BCUT2D eigenvalue weighted by Crippen LogP contribution is -2.09. The minimum atomic E-state index is -0.713. The van der Waals surface area contributed by atoms with E-state index in [2.05, 4.69) is 45.0 Å². The Bertz CT molecular complexity index is 352. The van der Waals surface area contributed by atoms with E-state index in [-0.39, 0.29) is 12.3 Å². The molecule has 1 atom stereocenters. The van der Waals surface area contributed by atoms with E-state index in [0.717, 1.165) is 18.4 Å². The summed E-state index contributed by atoms with van der Waals surface area (Å²) < 4.78 is 0. The minimum absolute atomic E-state index is 0.137. The van der Waals surface area contributed by atoms with Crippen molar-refractivity contribution in [1.29, 1.82) is 0 Å². The van der Waals surface area contributed by atoms with E-state index in [1.54, 1.807) is 0 Å². The van der Waals surface area contributed by atoms with E-state index in [9.17, 15) is 4.79 Å². The highest BCUT2D eigenvalue weighted by Gasteiger charge is 2.16. The van der Waals surface area contributed by atoms with Gasteiger partial charge in [-0.25, -0.2) is 0 Å². The van der Waals surface area contributed by atoms with Gasteiger partial charge >= 0.3 is 5.97 Å². The first-order chi connectivity index (χ1) is 8.02. The molecule has 0 amide bonds. The molecule has 2 heteroatoms. The number of hydrogen-bond donors (Lipinski definition) is 1. The number of aryl methyl sites for hydroxylation is 1. The van der Waals surface area contributed by atoms with Crippen LogP contribution in [-0.2, 0) is 11.2 Å². The van der Waals surface area contributed by atoms with E-state index in [4.69, 9.17) is 5.11 Å². The summed E-state index contributed by atoms with van der Waals surface area (Å²) in [5.41, 5.74) is 2.45. The average molecular weight is 234 g/mol. The van der Waals surface area contributed by atoms with Gasteiger partial charge in [0.05, 0.1) is 6.42 Å². The van der Waals surface area contributed by atoms with E-state index in [1.807, 2.05) is 0 Å². The molecule has 94 valence electrons. The fourth-order valence-corrected chi connectivity index (χ4v) is 2.14. The maximum atomic E-state index is 10.9. The van der Waals surface area contributed by atoms with Crippen molar-refractivity contribution >= 4 is 5.97 Å². The quantitative estimate of drug-likeness (QED) is 0.811. The van der Waals surface area contributed by atoms with Crippen LogP contribution in [0.3, 0.4) is 0 Å². The zero-order valence-corrected chi connectivity index (χ0v) is 10.9. The van der Waals surface area contributed by atoms with Gasteiger partial charge in [-0.15, -0.1) is 0 Å². The lowest BCUT2D eigenvalue weighted by molar-refractivity contribution is -0.137. The fourth-order valence-electron chi connectivity index (χ4n) is 2.14. The van der Waals surface area contributed by atoms with Crippen LogP contribution in [0.5, 0.6) is 0 Å². The number of benzene rings is 1. The third-order valence-electron chi connectivity index (χ3n) is 3.04. The summed E-state index contributed by atoms with van der Waals surface area (Å²) in [6.07, 6.45) is 2.18. The Labute approximate surface area is 104 Å². The molecule has 0 radical (unpaired) electrons. The van der Waals surface area contributed by atoms with Crippen molar-refractivity contribution in [1.82, 2.24) is 0 Å². The Kier molecular flexibility index (Phi) is 5.20. The molecule has 1 aromatic carbocycles. The van der Waals surface area contributed by atoms with Crippen molar-refractivity contribution in [2.45, 2.75) is 46.0 Å². The zero-order valence-electron chi connectivity index (χ0n) is 10.9. The molecule has 0 aliphatic rings. The first-order valence-electron chi connectivity index (χ1n) is 6.33. The highest BCUT2D eigenvalue weighted by atomic mass is 16.4. The van der Waals surface area contributed by atoms with Crippen LogP contribution in [0.25, 0.3) is 0 Å². The predicted octanol–water partition coefficient (Wildman–Crippen LogP) is 3.85. The SMILES string of the molecule is CCc1ccc(C(CC(=O)O)CC(C)C)cc1. The monoisotopic (exact) mass is 234 g/mol. The highest BCUT2D eigenvalue weighted by molar-refractivity contribution is 5.68. The summed E-state index contributed by atoms with van der Waals surface area (Å²) in [6.45, 7) is 6.39. The Balaban J connectivity index is 2.83. The second kappa shape index (κ2) is 6.43. The molecule has 0 fully saturated rings. The molecule has 17 heavy (non-hydrogen) atoms. The van der Waals surface area contributed by atoms with Gasteiger partial charge in [0.15, 0.2) is 0 Å². The standard InChI is InChI=1S/C15H22O2/c1-4-12-5-7-13(8-6-12)14(9-11(2)3)10-15(16)17/h5-8,11,14H,4,9-10H2,1-3H3,(H,16,17).